The predicted molar refractivity (Wildman–Crippen MR) is 94.9 cm³/mol. The van der Waals surface area contributed by atoms with E-state index < -0.39 is 11.8 Å². The van der Waals surface area contributed by atoms with Gasteiger partial charge < -0.3 is 14.2 Å². The third-order valence-corrected chi connectivity index (χ3v) is 3.49. The highest BCUT2D eigenvalue weighted by molar-refractivity contribution is 6.26. The number of benzene rings is 2. The van der Waals surface area contributed by atoms with Crippen molar-refractivity contribution < 1.29 is 23.8 Å². The number of carbonyl (C=O) groups is 2. The number of ether oxygens (including phenoxy) is 3. The molecular weight excluding hydrogens is 320 g/mol. The molecule has 0 atom stereocenters. The fourth-order valence-electron chi connectivity index (χ4n) is 2.28. The van der Waals surface area contributed by atoms with E-state index in [9.17, 15) is 9.59 Å². The van der Waals surface area contributed by atoms with Crippen LogP contribution in [0.15, 0.2) is 54.1 Å². The Kier molecular flexibility index (Phi) is 6.34. The second-order valence-corrected chi connectivity index (χ2v) is 5.09. The maximum atomic E-state index is 12.7. The van der Waals surface area contributed by atoms with Gasteiger partial charge in [-0.3, -0.25) is 4.79 Å². The first-order valence-corrected chi connectivity index (χ1v) is 7.81. The normalized spacial score (nSPS) is 10.9. The zero-order chi connectivity index (χ0) is 18.2. The molecule has 5 nitrogen and oxygen atoms in total. The summed E-state index contributed by atoms with van der Waals surface area (Å²) in [7, 11) is 3.06. The first kappa shape index (κ1) is 18.3. The molecule has 0 aliphatic heterocycles. The fraction of sp³-hybridized carbons (Fsp3) is 0.200. The van der Waals surface area contributed by atoms with Crippen LogP contribution in [0.2, 0.25) is 0 Å². The molecular formula is C20H20O5. The Hall–Kier alpha value is -3.08. The van der Waals surface area contributed by atoms with Crippen molar-refractivity contribution in [1.82, 2.24) is 0 Å². The summed E-state index contributed by atoms with van der Waals surface area (Å²) in [5.74, 6) is 0.0123. The van der Waals surface area contributed by atoms with Gasteiger partial charge in [0.1, 0.15) is 5.57 Å². The van der Waals surface area contributed by atoms with Crippen LogP contribution in [0, 0.1) is 0 Å². The lowest BCUT2D eigenvalue weighted by Crippen LogP contribution is -2.16. The van der Waals surface area contributed by atoms with Gasteiger partial charge in [-0.05, 0) is 30.7 Å². The highest BCUT2D eigenvalue weighted by atomic mass is 16.5. The predicted octanol–water partition coefficient (Wildman–Crippen LogP) is 3.53. The second kappa shape index (κ2) is 8.68. The lowest BCUT2D eigenvalue weighted by Gasteiger charge is -2.09. The molecule has 0 N–H and O–H groups in total. The van der Waals surface area contributed by atoms with Crippen LogP contribution in [0.3, 0.4) is 0 Å². The quantitative estimate of drug-likeness (QED) is 0.254. The molecule has 2 aromatic carbocycles. The number of methoxy groups -OCH3 is 2. The molecule has 0 aliphatic rings. The van der Waals surface area contributed by atoms with Gasteiger partial charge in [0, 0.05) is 5.56 Å². The number of hydrogen-bond donors (Lipinski definition) is 0. The second-order valence-electron chi connectivity index (χ2n) is 5.09. The van der Waals surface area contributed by atoms with Gasteiger partial charge in [0.25, 0.3) is 0 Å². The van der Waals surface area contributed by atoms with Crippen molar-refractivity contribution in [3.8, 4) is 11.5 Å². The van der Waals surface area contributed by atoms with Crippen LogP contribution < -0.4 is 9.47 Å². The number of esters is 1. The Morgan fingerprint density at radius 3 is 2.24 bits per heavy atom. The summed E-state index contributed by atoms with van der Waals surface area (Å²) >= 11 is 0. The van der Waals surface area contributed by atoms with Crippen LogP contribution in [0.1, 0.15) is 22.8 Å². The van der Waals surface area contributed by atoms with E-state index in [2.05, 4.69) is 0 Å². The molecule has 0 aliphatic carbocycles. The zero-order valence-corrected chi connectivity index (χ0v) is 14.4. The van der Waals surface area contributed by atoms with Crippen LogP contribution in [0.5, 0.6) is 11.5 Å². The molecule has 25 heavy (non-hydrogen) atoms. The van der Waals surface area contributed by atoms with E-state index in [-0.39, 0.29) is 12.2 Å². The summed E-state index contributed by atoms with van der Waals surface area (Å²) in [5.41, 5.74) is 1.01. The molecule has 5 heteroatoms. The molecule has 0 spiro atoms. The Morgan fingerprint density at radius 2 is 1.64 bits per heavy atom. The number of rotatable bonds is 7. The number of carbonyl (C=O) groups excluding carboxylic acids is 2. The minimum Gasteiger partial charge on any atom is -0.493 e. The molecule has 2 aromatic rings. The van der Waals surface area contributed by atoms with Gasteiger partial charge in [-0.25, -0.2) is 4.79 Å². The number of ketones is 1. The van der Waals surface area contributed by atoms with Crippen molar-refractivity contribution >= 4 is 17.8 Å². The largest absolute Gasteiger partial charge is 0.493 e. The topological polar surface area (TPSA) is 61.8 Å². The molecule has 0 radical (unpaired) electrons. The van der Waals surface area contributed by atoms with Crippen molar-refractivity contribution in [2.75, 3.05) is 20.8 Å². The highest BCUT2D eigenvalue weighted by Gasteiger charge is 2.21. The van der Waals surface area contributed by atoms with Crippen molar-refractivity contribution in [2.45, 2.75) is 6.92 Å². The summed E-state index contributed by atoms with van der Waals surface area (Å²) in [6, 6.07) is 13.7. The fourth-order valence-corrected chi connectivity index (χ4v) is 2.28. The molecule has 130 valence electrons. The molecule has 0 unspecified atom stereocenters. The van der Waals surface area contributed by atoms with E-state index in [1.165, 1.54) is 20.3 Å². The third kappa shape index (κ3) is 4.47. The maximum absolute atomic E-state index is 12.7. The standard InChI is InChI=1S/C20H20O5/c1-4-25-20(22)16(19(21)15-8-6-5-7-9-15)12-14-10-11-17(23-2)18(13-14)24-3/h5-13H,4H2,1-3H3/b16-12+. The molecule has 2 rings (SSSR count). The van der Waals surface area contributed by atoms with E-state index in [1.807, 2.05) is 0 Å². The van der Waals surface area contributed by atoms with Gasteiger partial charge in [0.2, 0.25) is 0 Å². The van der Waals surface area contributed by atoms with Crippen molar-refractivity contribution in [2.24, 2.45) is 0 Å². The van der Waals surface area contributed by atoms with Crippen molar-refractivity contribution in [3.63, 3.8) is 0 Å². The van der Waals surface area contributed by atoms with Gasteiger partial charge in [0.05, 0.1) is 20.8 Å². The lowest BCUT2D eigenvalue weighted by molar-refractivity contribution is -0.137. The minimum atomic E-state index is -0.661. The Labute approximate surface area is 146 Å². The average Bonchev–Trinajstić information content (AvgIpc) is 2.66. The highest BCUT2D eigenvalue weighted by Crippen LogP contribution is 2.28. The van der Waals surface area contributed by atoms with Crippen LogP contribution >= 0.6 is 0 Å². The van der Waals surface area contributed by atoms with E-state index in [1.54, 1.807) is 55.5 Å². The first-order chi connectivity index (χ1) is 12.1. The van der Waals surface area contributed by atoms with E-state index >= 15 is 0 Å². The van der Waals surface area contributed by atoms with Crippen molar-refractivity contribution in [1.29, 1.82) is 0 Å². The maximum Gasteiger partial charge on any atom is 0.342 e. The zero-order valence-electron chi connectivity index (χ0n) is 14.4. The smallest absolute Gasteiger partial charge is 0.342 e. The molecule has 0 saturated heterocycles. The average molecular weight is 340 g/mol. The lowest BCUT2D eigenvalue weighted by atomic mass is 10.0. The van der Waals surface area contributed by atoms with Gasteiger partial charge in [-0.1, -0.05) is 36.4 Å². The molecule has 0 fully saturated rings. The number of hydrogen-bond acceptors (Lipinski definition) is 5. The first-order valence-electron chi connectivity index (χ1n) is 7.81. The SMILES string of the molecule is CCOC(=O)/C(=C/c1ccc(OC)c(OC)c1)C(=O)c1ccccc1. The molecule has 0 aromatic heterocycles. The van der Waals surface area contributed by atoms with Crippen LogP contribution in [0.25, 0.3) is 6.08 Å². The van der Waals surface area contributed by atoms with E-state index in [0.29, 0.717) is 22.6 Å². The Morgan fingerprint density at radius 1 is 0.960 bits per heavy atom. The summed E-state index contributed by atoms with van der Waals surface area (Å²) in [5, 5.41) is 0. The van der Waals surface area contributed by atoms with Gasteiger partial charge in [-0.2, -0.15) is 0 Å². The van der Waals surface area contributed by atoms with Crippen molar-refractivity contribution in [3.05, 3.63) is 65.2 Å². The van der Waals surface area contributed by atoms with E-state index in [0.717, 1.165) is 0 Å². The summed E-state index contributed by atoms with van der Waals surface area (Å²) in [4.78, 5) is 25.0. The number of Topliss-reactive ketones (excluding diaryl/α,β-unsaturated/α-hetero) is 1. The van der Waals surface area contributed by atoms with Crippen LogP contribution in [0.4, 0.5) is 0 Å². The van der Waals surface area contributed by atoms with Crippen LogP contribution in [-0.2, 0) is 9.53 Å². The summed E-state index contributed by atoms with van der Waals surface area (Å²) < 4.78 is 15.5. The monoisotopic (exact) mass is 340 g/mol. The Bertz CT molecular complexity index is 778. The molecule has 0 amide bonds. The molecule has 0 saturated carbocycles. The summed E-state index contributed by atoms with van der Waals surface area (Å²) in [6.45, 7) is 1.88. The minimum absolute atomic E-state index is 0.0414. The van der Waals surface area contributed by atoms with Gasteiger partial charge in [-0.15, -0.1) is 0 Å². The van der Waals surface area contributed by atoms with Gasteiger partial charge >= 0.3 is 5.97 Å². The van der Waals surface area contributed by atoms with Gasteiger partial charge in [0.15, 0.2) is 17.3 Å². The van der Waals surface area contributed by atoms with E-state index in [4.69, 9.17) is 14.2 Å². The summed E-state index contributed by atoms with van der Waals surface area (Å²) in [6.07, 6.45) is 1.50. The Balaban J connectivity index is 2.46. The van der Waals surface area contributed by atoms with Crippen LogP contribution in [-0.4, -0.2) is 32.6 Å². The third-order valence-electron chi connectivity index (χ3n) is 3.49. The molecule has 0 heterocycles. The molecule has 0 bridgehead atoms.